The number of hydrogen-bond acceptors (Lipinski definition) is 5. The van der Waals surface area contributed by atoms with Crippen molar-refractivity contribution < 1.29 is 14.4 Å². The van der Waals surface area contributed by atoms with Crippen LogP contribution in [0.25, 0.3) is 0 Å². The highest BCUT2D eigenvalue weighted by atomic mass is 16.6. The molecule has 134 valence electrons. The number of aromatic nitrogens is 1. The van der Waals surface area contributed by atoms with Gasteiger partial charge in [-0.3, -0.25) is 14.6 Å². The Morgan fingerprint density at radius 1 is 1.12 bits per heavy atom. The monoisotopic (exact) mass is 352 g/mol. The van der Waals surface area contributed by atoms with Crippen LogP contribution < -0.4 is 10.6 Å². The maximum atomic E-state index is 12.2. The van der Waals surface area contributed by atoms with Crippen molar-refractivity contribution in [2.75, 3.05) is 6.54 Å². The number of hydrogen-bond donors (Lipinski definition) is 2. The first-order valence-electron chi connectivity index (χ1n) is 8.35. The second-order valence-electron chi connectivity index (χ2n) is 6.05. The maximum absolute atomic E-state index is 12.2. The molecular weight excluding hydrogens is 332 g/mol. The summed E-state index contributed by atoms with van der Waals surface area (Å²) in [6, 6.07) is 11.5. The Hall–Kier alpha value is -3.22. The van der Waals surface area contributed by atoms with Gasteiger partial charge in [0.1, 0.15) is 0 Å². The Bertz CT molecular complexity index is 803. The molecule has 2 heterocycles. The number of aryl methyl sites for hydroxylation is 1. The number of nitrogens with zero attached hydrogens (tertiary/aromatic N) is 2. The number of amides is 2. The van der Waals surface area contributed by atoms with Crippen LogP contribution in [0.15, 0.2) is 53.9 Å². The second-order valence-corrected chi connectivity index (χ2v) is 6.05. The molecule has 0 saturated carbocycles. The van der Waals surface area contributed by atoms with Crippen LogP contribution in [0.3, 0.4) is 0 Å². The van der Waals surface area contributed by atoms with Crippen molar-refractivity contribution in [1.82, 2.24) is 15.6 Å². The van der Waals surface area contributed by atoms with E-state index in [2.05, 4.69) is 20.8 Å². The van der Waals surface area contributed by atoms with E-state index in [4.69, 9.17) is 4.84 Å². The topological polar surface area (TPSA) is 92.7 Å². The first-order chi connectivity index (χ1) is 12.6. The SMILES string of the molecule is Cc1ccc(C2=NOC(C(=O)NCC(=O)NCc3ccncc3)C2)cc1. The van der Waals surface area contributed by atoms with Crippen molar-refractivity contribution in [2.24, 2.45) is 5.16 Å². The van der Waals surface area contributed by atoms with Gasteiger partial charge >= 0.3 is 0 Å². The van der Waals surface area contributed by atoms with Crippen LogP contribution >= 0.6 is 0 Å². The first kappa shape index (κ1) is 17.6. The van der Waals surface area contributed by atoms with E-state index in [1.54, 1.807) is 12.4 Å². The van der Waals surface area contributed by atoms with E-state index in [0.717, 1.165) is 22.4 Å². The Morgan fingerprint density at radius 2 is 1.85 bits per heavy atom. The summed E-state index contributed by atoms with van der Waals surface area (Å²) in [6.45, 7) is 2.29. The van der Waals surface area contributed by atoms with Gasteiger partial charge in [-0.05, 0) is 30.2 Å². The fourth-order valence-electron chi connectivity index (χ4n) is 2.48. The lowest BCUT2D eigenvalue weighted by atomic mass is 10.0. The molecule has 7 nitrogen and oxygen atoms in total. The molecule has 1 aromatic carbocycles. The van der Waals surface area contributed by atoms with Crippen LogP contribution in [0.2, 0.25) is 0 Å². The molecule has 1 aliphatic heterocycles. The van der Waals surface area contributed by atoms with Crippen molar-refractivity contribution in [1.29, 1.82) is 0 Å². The zero-order valence-electron chi connectivity index (χ0n) is 14.4. The van der Waals surface area contributed by atoms with Crippen LogP contribution in [0.5, 0.6) is 0 Å². The van der Waals surface area contributed by atoms with Crippen molar-refractivity contribution in [3.05, 3.63) is 65.5 Å². The summed E-state index contributed by atoms with van der Waals surface area (Å²) in [4.78, 5) is 33.1. The largest absolute Gasteiger partial charge is 0.382 e. The van der Waals surface area contributed by atoms with Gasteiger partial charge in [-0.2, -0.15) is 0 Å². The first-order valence-corrected chi connectivity index (χ1v) is 8.35. The standard InChI is InChI=1S/C19H20N4O3/c1-13-2-4-15(5-3-13)16-10-17(26-23-16)19(25)22-12-18(24)21-11-14-6-8-20-9-7-14/h2-9,17H,10-12H2,1H3,(H,21,24)(H,22,25). The van der Waals surface area contributed by atoms with Crippen LogP contribution in [0, 0.1) is 6.92 Å². The van der Waals surface area contributed by atoms with Crippen molar-refractivity contribution in [3.8, 4) is 0 Å². The van der Waals surface area contributed by atoms with E-state index in [9.17, 15) is 9.59 Å². The molecule has 0 spiro atoms. The highest BCUT2D eigenvalue weighted by Gasteiger charge is 2.28. The summed E-state index contributed by atoms with van der Waals surface area (Å²) < 4.78 is 0. The molecule has 0 saturated heterocycles. The summed E-state index contributed by atoms with van der Waals surface area (Å²) >= 11 is 0. The van der Waals surface area contributed by atoms with E-state index in [-0.39, 0.29) is 18.4 Å². The molecule has 2 N–H and O–H groups in total. The highest BCUT2D eigenvalue weighted by molar-refractivity contribution is 6.04. The Balaban J connectivity index is 1.41. The predicted molar refractivity (Wildman–Crippen MR) is 96.3 cm³/mol. The summed E-state index contributed by atoms with van der Waals surface area (Å²) in [5, 5.41) is 9.30. The third-order valence-electron chi connectivity index (χ3n) is 4.01. The Labute approximate surface area is 151 Å². The minimum absolute atomic E-state index is 0.107. The number of carbonyl (C=O) groups is 2. The Morgan fingerprint density at radius 3 is 2.58 bits per heavy atom. The lowest BCUT2D eigenvalue weighted by Crippen LogP contribution is -2.41. The van der Waals surface area contributed by atoms with Gasteiger partial charge < -0.3 is 15.5 Å². The molecule has 0 bridgehead atoms. The minimum atomic E-state index is -0.709. The normalized spacial score (nSPS) is 15.7. The zero-order valence-corrected chi connectivity index (χ0v) is 14.4. The summed E-state index contributed by atoms with van der Waals surface area (Å²) in [5.41, 5.74) is 3.75. The number of benzene rings is 1. The van der Waals surface area contributed by atoms with Crippen LogP contribution in [-0.2, 0) is 21.0 Å². The van der Waals surface area contributed by atoms with Gasteiger partial charge in [0.05, 0.1) is 12.3 Å². The number of nitrogens with one attached hydrogen (secondary N) is 2. The van der Waals surface area contributed by atoms with Gasteiger partial charge in [-0.25, -0.2) is 0 Å². The molecule has 1 aliphatic rings. The predicted octanol–water partition coefficient (Wildman–Crippen LogP) is 1.32. The average Bonchev–Trinajstić information content (AvgIpc) is 3.16. The molecule has 1 aromatic heterocycles. The summed E-state index contributed by atoms with van der Waals surface area (Å²) in [7, 11) is 0. The summed E-state index contributed by atoms with van der Waals surface area (Å²) in [6.07, 6.45) is 2.99. The third kappa shape index (κ3) is 4.66. The van der Waals surface area contributed by atoms with Crippen LogP contribution in [0.4, 0.5) is 0 Å². The van der Waals surface area contributed by atoms with Gasteiger partial charge in [0.25, 0.3) is 5.91 Å². The maximum Gasteiger partial charge on any atom is 0.264 e. The number of oxime groups is 1. The molecule has 26 heavy (non-hydrogen) atoms. The molecule has 1 unspecified atom stereocenters. The van der Waals surface area contributed by atoms with Crippen LogP contribution in [-0.4, -0.2) is 35.2 Å². The highest BCUT2D eigenvalue weighted by Crippen LogP contribution is 2.17. The summed E-state index contributed by atoms with van der Waals surface area (Å²) in [5.74, 6) is -0.622. The average molecular weight is 352 g/mol. The molecular formula is C19H20N4O3. The molecule has 0 aliphatic carbocycles. The third-order valence-corrected chi connectivity index (χ3v) is 4.01. The number of rotatable bonds is 6. The molecule has 7 heteroatoms. The molecule has 0 radical (unpaired) electrons. The van der Waals surface area contributed by atoms with Crippen molar-refractivity contribution in [2.45, 2.75) is 26.0 Å². The molecule has 1 atom stereocenters. The lowest BCUT2D eigenvalue weighted by molar-refractivity contribution is -0.133. The van der Waals surface area contributed by atoms with Crippen molar-refractivity contribution in [3.63, 3.8) is 0 Å². The van der Waals surface area contributed by atoms with Gasteiger partial charge in [-0.15, -0.1) is 0 Å². The van der Waals surface area contributed by atoms with Gasteiger partial charge in [0, 0.05) is 25.4 Å². The van der Waals surface area contributed by atoms with E-state index in [1.807, 2.05) is 43.3 Å². The van der Waals surface area contributed by atoms with E-state index in [0.29, 0.717) is 13.0 Å². The zero-order chi connectivity index (χ0) is 18.4. The number of carbonyl (C=O) groups excluding carboxylic acids is 2. The minimum Gasteiger partial charge on any atom is -0.382 e. The van der Waals surface area contributed by atoms with Gasteiger partial charge in [-0.1, -0.05) is 35.0 Å². The fraction of sp³-hybridized carbons (Fsp3) is 0.263. The molecule has 2 aromatic rings. The van der Waals surface area contributed by atoms with Crippen molar-refractivity contribution >= 4 is 17.5 Å². The smallest absolute Gasteiger partial charge is 0.264 e. The molecule has 2 amide bonds. The fourth-order valence-corrected chi connectivity index (χ4v) is 2.48. The lowest BCUT2D eigenvalue weighted by Gasteiger charge is -2.10. The van der Waals surface area contributed by atoms with E-state index in [1.165, 1.54) is 0 Å². The van der Waals surface area contributed by atoms with Gasteiger partial charge in [0.15, 0.2) is 0 Å². The van der Waals surface area contributed by atoms with Gasteiger partial charge in [0.2, 0.25) is 12.0 Å². The quantitative estimate of drug-likeness (QED) is 0.820. The number of pyridine rings is 1. The van der Waals surface area contributed by atoms with E-state index >= 15 is 0 Å². The van der Waals surface area contributed by atoms with Crippen LogP contribution in [0.1, 0.15) is 23.1 Å². The second kappa shape index (κ2) is 8.24. The van der Waals surface area contributed by atoms with E-state index < -0.39 is 6.10 Å². The molecule has 3 rings (SSSR count). The Kier molecular flexibility index (Phi) is 5.58. The molecule has 0 fully saturated rings.